The highest BCUT2D eigenvalue weighted by atomic mass is 19.4. The average molecular weight is 257 g/mol. The molecule has 1 fully saturated rings. The van der Waals surface area contributed by atoms with Crippen molar-refractivity contribution in [2.45, 2.75) is 25.9 Å². The molecule has 98 valence electrons. The predicted octanol–water partition coefficient (Wildman–Crippen LogP) is 3.52. The lowest BCUT2D eigenvalue weighted by molar-refractivity contribution is -0.137. The van der Waals surface area contributed by atoms with E-state index in [0.29, 0.717) is 5.92 Å². The molecule has 0 heterocycles. The summed E-state index contributed by atoms with van der Waals surface area (Å²) in [7, 11) is 0. The van der Waals surface area contributed by atoms with Gasteiger partial charge in [0.05, 0.1) is 5.56 Å². The van der Waals surface area contributed by atoms with Crippen LogP contribution in [0.4, 0.5) is 18.9 Å². The van der Waals surface area contributed by atoms with E-state index >= 15 is 0 Å². The van der Waals surface area contributed by atoms with Crippen molar-refractivity contribution in [2.75, 3.05) is 5.73 Å². The van der Waals surface area contributed by atoms with Crippen LogP contribution in [-0.4, -0.2) is 5.78 Å². The van der Waals surface area contributed by atoms with Gasteiger partial charge in [-0.05, 0) is 30.5 Å². The molecule has 1 saturated carbocycles. The summed E-state index contributed by atoms with van der Waals surface area (Å²) in [5.74, 6) is -0.113. The van der Waals surface area contributed by atoms with Crippen LogP contribution < -0.4 is 5.73 Å². The first-order valence-corrected chi connectivity index (χ1v) is 5.85. The third-order valence-electron chi connectivity index (χ3n) is 3.43. The van der Waals surface area contributed by atoms with Gasteiger partial charge in [0.1, 0.15) is 0 Å². The zero-order valence-corrected chi connectivity index (χ0v) is 9.92. The number of Topliss-reactive ketones (excluding diaryl/α,β-unsaturated/α-hetero) is 1. The van der Waals surface area contributed by atoms with Crippen molar-refractivity contribution in [2.24, 2.45) is 11.8 Å². The Kier molecular flexibility index (Phi) is 3.09. The molecule has 2 unspecified atom stereocenters. The number of alkyl halides is 3. The van der Waals surface area contributed by atoms with Crippen molar-refractivity contribution in [1.82, 2.24) is 0 Å². The number of halogens is 3. The normalized spacial score (nSPS) is 22.9. The van der Waals surface area contributed by atoms with E-state index in [2.05, 4.69) is 0 Å². The molecule has 18 heavy (non-hydrogen) atoms. The minimum absolute atomic E-state index is 0.00535. The Morgan fingerprint density at radius 2 is 2.11 bits per heavy atom. The van der Waals surface area contributed by atoms with Crippen molar-refractivity contribution in [3.8, 4) is 0 Å². The number of ketones is 1. The van der Waals surface area contributed by atoms with Gasteiger partial charge < -0.3 is 5.73 Å². The molecular weight excluding hydrogens is 243 g/mol. The summed E-state index contributed by atoms with van der Waals surface area (Å²) in [6.07, 6.45) is -2.82. The lowest BCUT2D eigenvalue weighted by Gasteiger charge is -2.10. The second-order valence-corrected chi connectivity index (χ2v) is 4.67. The molecule has 1 aromatic carbocycles. The van der Waals surface area contributed by atoms with Crippen molar-refractivity contribution in [3.63, 3.8) is 0 Å². The van der Waals surface area contributed by atoms with Crippen LogP contribution in [0.2, 0.25) is 0 Å². The number of nitrogen functional groups attached to an aromatic ring is 1. The highest BCUT2D eigenvalue weighted by Gasteiger charge is 2.42. The molecule has 2 nitrogen and oxygen atoms in total. The second kappa shape index (κ2) is 4.30. The lowest BCUT2D eigenvalue weighted by atomic mass is 10.0. The first-order valence-electron chi connectivity index (χ1n) is 5.85. The van der Waals surface area contributed by atoms with Gasteiger partial charge in [-0.2, -0.15) is 13.2 Å². The Morgan fingerprint density at radius 3 is 2.61 bits per heavy atom. The number of carbonyl (C=O) groups excluding carboxylic acids is 1. The van der Waals surface area contributed by atoms with Gasteiger partial charge >= 0.3 is 6.18 Å². The first-order chi connectivity index (χ1) is 8.34. The summed E-state index contributed by atoms with van der Waals surface area (Å²) in [5.41, 5.74) is 4.90. The molecule has 0 aliphatic heterocycles. The fraction of sp³-hybridized carbons (Fsp3) is 0.462. The molecule has 0 bridgehead atoms. The van der Waals surface area contributed by atoms with Gasteiger partial charge in [0, 0.05) is 17.2 Å². The molecule has 5 heteroatoms. The van der Waals surface area contributed by atoms with Gasteiger partial charge in [0.15, 0.2) is 5.78 Å². The van der Waals surface area contributed by atoms with Crippen molar-refractivity contribution < 1.29 is 18.0 Å². The Balaban J connectivity index is 2.30. The van der Waals surface area contributed by atoms with Crippen LogP contribution in [0.3, 0.4) is 0 Å². The van der Waals surface area contributed by atoms with Gasteiger partial charge in [-0.25, -0.2) is 0 Å². The molecule has 0 radical (unpaired) electrons. The van der Waals surface area contributed by atoms with Gasteiger partial charge in [0.2, 0.25) is 0 Å². The highest BCUT2D eigenvalue weighted by Crippen LogP contribution is 2.44. The topological polar surface area (TPSA) is 43.1 Å². The van der Waals surface area contributed by atoms with E-state index in [4.69, 9.17) is 5.73 Å². The SMILES string of the molecule is CCC1CC1C(=O)c1cc(C(F)(F)F)ccc1N. The monoisotopic (exact) mass is 257 g/mol. The van der Waals surface area contributed by atoms with Gasteiger partial charge in [-0.3, -0.25) is 4.79 Å². The molecule has 0 amide bonds. The van der Waals surface area contributed by atoms with Crippen LogP contribution in [0.1, 0.15) is 35.7 Å². The van der Waals surface area contributed by atoms with Gasteiger partial charge in [-0.1, -0.05) is 13.3 Å². The average Bonchev–Trinajstić information content (AvgIpc) is 3.06. The van der Waals surface area contributed by atoms with Crippen LogP contribution in [-0.2, 0) is 6.18 Å². The summed E-state index contributed by atoms with van der Waals surface area (Å²) in [5, 5.41) is 0. The molecule has 2 atom stereocenters. The van der Waals surface area contributed by atoms with Gasteiger partial charge in [-0.15, -0.1) is 0 Å². The molecule has 0 spiro atoms. The maximum Gasteiger partial charge on any atom is 0.416 e. The Hall–Kier alpha value is -1.52. The maximum atomic E-state index is 12.6. The van der Waals surface area contributed by atoms with E-state index in [1.807, 2.05) is 6.92 Å². The molecule has 1 aliphatic rings. The Morgan fingerprint density at radius 1 is 1.44 bits per heavy atom. The summed E-state index contributed by atoms with van der Waals surface area (Å²) < 4.78 is 37.7. The summed E-state index contributed by atoms with van der Waals surface area (Å²) in [4.78, 5) is 12.0. The summed E-state index contributed by atoms with van der Waals surface area (Å²) >= 11 is 0. The molecule has 2 rings (SSSR count). The number of carbonyl (C=O) groups is 1. The second-order valence-electron chi connectivity index (χ2n) is 4.67. The van der Waals surface area contributed by atoms with Crippen LogP contribution >= 0.6 is 0 Å². The number of anilines is 1. The molecular formula is C13H14F3NO. The predicted molar refractivity (Wildman–Crippen MR) is 62.1 cm³/mol. The smallest absolute Gasteiger partial charge is 0.398 e. The van der Waals surface area contributed by atoms with Crippen molar-refractivity contribution >= 4 is 11.5 Å². The largest absolute Gasteiger partial charge is 0.416 e. The van der Waals surface area contributed by atoms with Crippen LogP contribution in [0.5, 0.6) is 0 Å². The van der Waals surface area contributed by atoms with E-state index < -0.39 is 11.7 Å². The number of nitrogens with two attached hydrogens (primary N) is 1. The van der Waals surface area contributed by atoms with E-state index in [1.165, 1.54) is 0 Å². The van der Waals surface area contributed by atoms with E-state index in [9.17, 15) is 18.0 Å². The Bertz CT molecular complexity index is 482. The minimum atomic E-state index is -4.45. The third kappa shape index (κ3) is 2.35. The number of hydrogen-bond donors (Lipinski definition) is 1. The molecule has 0 aromatic heterocycles. The molecule has 1 aliphatic carbocycles. The van der Waals surface area contributed by atoms with E-state index in [0.717, 1.165) is 31.0 Å². The Labute approximate surface area is 103 Å². The van der Waals surface area contributed by atoms with Crippen LogP contribution in [0.15, 0.2) is 18.2 Å². The van der Waals surface area contributed by atoms with Crippen LogP contribution in [0.25, 0.3) is 0 Å². The molecule has 2 N–H and O–H groups in total. The highest BCUT2D eigenvalue weighted by molar-refractivity contribution is 6.03. The minimum Gasteiger partial charge on any atom is -0.398 e. The van der Waals surface area contributed by atoms with E-state index in [-0.39, 0.29) is 23.0 Å². The number of hydrogen-bond acceptors (Lipinski definition) is 2. The zero-order valence-electron chi connectivity index (χ0n) is 9.92. The number of rotatable bonds is 3. The summed E-state index contributed by atoms with van der Waals surface area (Å²) in [6.45, 7) is 1.97. The van der Waals surface area contributed by atoms with Crippen molar-refractivity contribution in [3.05, 3.63) is 29.3 Å². The zero-order chi connectivity index (χ0) is 13.5. The standard InChI is InChI=1S/C13H14F3NO/c1-2-7-5-9(7)12(18)10-6-8(13(14,15)16)3-4-11(10)17/h3-4,6-7,9H,2,5,17H2,1H3. The fourth-order valence-corrected chi connectivity index (χ4v) is 2.17. The van der Waals surface area contributed by atoms with Gasteiger partial charge in [0.25, 0.3) is 0 Å². The van der Waals surface area contributed by atoms with E-state index in [1.54, 1.807) is 0 Å². The molecule has 1 aromatic rings. The quantitative estimate of drug-likeness (QED) is 0.665. The fourth-order valence-electron chi connectivity index (χ4n) is 2.17. The third-order valence-corrected chi connectivity index (χ3v) is 3.43. The summed E-state index contributed by atoms with van der Waals surface area (Å²) in [6, 6.07) is 2.92. The lowest BCUT2D eigenvalue weighted by Crippen LogP contribution is -2.11. The molecule has 0 saturated heterocycles. The van der Waals surface area contributed by atoms with Crippen LogP contribution in [0, 0.1) is 11.8 Å². The number of benzene rings is 1. The van der Waals surface area contributed by atoms with Crippen molar-refractivity contribution in [1.29, 1.82) is 0 Å². The first kappa shape index (κ1) is 12.9. The maximum absolute atomic E-state index is 12.6.